The Hall–Kier alpha value is -1.36. The molecule has 18 heavy (non-hydrogen) atoms. The second-order valence-electron chi connectivity index (χ2n) is 5.33. The molecule has 1 aromatic rings. The first-order chi connectivity index (χ1) is 8.34. The fraction of sp³-hybridized carbons (Fsp3) is 0.692. The van der Waals surface area contributed by atoms with Crippen LogP contribution in [0.15, 0.2) is 6.20 Å². The summed E-state index contributed by atoms with van der Waals surface area (Å²) >= 11 is 0. The topological polar surface area (TPSA) is 72.9 Å². The third-order valence-electron chi connectivity index (χ3n) is 3.43. The minimum absolute atomic E-state index is 0.0394. The summed E-state index contributed by atoms with van der Waals surface area (Å²) in [5.41, 5.74) is 6.86. The Morgan fingerprint density at radius 3 is 2.67 bits per heavy atom. The summed E-state index contributed by atoms with van der Waals surface area (Å²) in [5, 5.41) is 7.32. The van der Waals surface area contributed by atoms with Gasteiger partial charge in [-0.3, -0.25) is 9.48 Å². The smallest absolute Gasteiger partial charge is 0.231 e. The lowest BCUT2D eigenvalue weighted by Crippen LogP contribution is -2.39. The van der Waals surface area contributed by atoms with Crippen molar-refractivity contribution in [2.45, 2.75) is 40.0 Å². The van der Waals surface area contributed by atoms with Crippen molar-refractivity contribution in [1.29, 1.82) is 0 Å². The molecule has 0 spiro atoms. The predicted molar refractivity (Wildman–Crippen MR) is 73.4 cm³/mol. The predicted octanol–water partition coefficient (Wildman–Crippen LogP) is 1.86. The van der Waals surface area contributed by atoms with Crippen LogP contribution in [0.25, 0.3) is 0 Å². The largest absolute Gasteiger partial charge is 0.329 e. The minimum atomic E-state index is -0.524. The molecule has 0 aromatic carbocycles. The summed E-state index contributed by atoms with van der Waals surface area (Å²) in [6.45, 7) is 8.30. The van der Waals surface area contributed by atoms with Crippen molar-refractivity contribution in [1.82, 2.24) is 9.78 Å². The lowest BCUT2D eigenvalue weighted by atomic mass is 9.86. The number of aromatic nitrogens is 2. The van der Waals surface area contributed by atoms with Crippen LogP contribution in [0.4, 0.5) is 5.69 Å². The maximum absolute atomic E-state index is 12.3. The molecule has 0 fully saturated rings. The number of amides is 1. The van der Waals surface area contributed by atoms with Gasteiger partial charge >= 0.3 is 0 Å². The molecule has 102 valence electrons. The molecule has 1 atom stereocenters. The molecule has 1 rings (SSSR count). The van der Waals surface area contributed by atoms with E-state index in [0.29, 0.717) is 13.0 Å². The summed E-state index contributed by atoms with van der Waals surface area (Å²) in [5.74, 6) is 0.231. The molecule has 0 saturated heterocycles. The summed E-state index contributed by atoms with van der Waals surface area (Å²) in [4.78, 5) is 12.3. The van der Waals surface area contributed by atoms with Gasteiger partial charge in [0.2, 0.25) is 5.91 Å². The average Bonchev–Trinajstić information content (AvgIpc) is 2.69. The zero-order valence-corrected chi connectivity index (χ0v) is 11.9. The van der Waals surface area contributed by atoms with Gasteiger partial charge in [0.25, 0.3) is 0 Å². The Labute approximate surface area is 109 Å². The fourth-order valence-corrected chi connectivity index (χ4v) is 1.70. The third-order valence-corrected chi connectivity index (χ3v) is 3.43. The average molecular weight is 252 g/mol. The number of carbonyl (C=O) groups excluding carboxylic acids is 1. The molecule has 5 heteroatoms. The van der Waals surface area contributed by atoms with Gasteiger partial charge < -0.3 is 11.1 Å². The van der Waals surface area contributed by atoms with Gasteiger partial charge in [0.15, 0.2) is 0 Å². The van der Waals surface area contributed by atoms with Crippen LogP contribution in [0.5, 0.6) is 0 Å². The fourth-order valence-electron chi connectivity index (χ4n) is 1.70. The Bertz CT molecular complexity index is 419. The monoisotopic (exact) mass is 252 g/mol. The molecule has 1 amide bonds. The Morgan fingerprint density at radius 1 is 1.61 bits per heavy atom. The maximum Gasteiger partial charge on any atom is 0.231 e. The van der Waals surface area contributed by atoms with Gasteiger partial charge in [0, 0.05) is 19.8 Å². The first kappa shape index (κ1) is 14.7. The molecule has 1 heterocycles. The number of anilines is 1. The van der Waals surface area contributed by atoms with E-state index in [1.54, 1.807) is 4.68 Å². The van der Waals surface area contributed by atoms with Crippen LogP contribution >= 0.6 is 0 Å². The minimum Gasteiger partial charge on any atom is -0.329 e. The van der Waals surface area contributed by atoms with Gasteiger partial charge in [-0.2, -0.15) is 5.10 Å². The van der Waals surface area contributed by atoms with Crippen molar-refractivity contribution in [2.24, 2.45) is 18.2 Å². The first-order valence-electron chi connectivity index (χ1n) is 6.39. The number of hydrogen-bond acceptors (Lipinski definition) is 3. The highest BCUT2D eigenvalue weighted by atomic mass is 16.2. The van der Waals surface area contributed by atoms with E-state index in [9.17, 15) is 4.79 Å². The summed E-state index contributed by atoms with van der Waals surface area (Å²) in [6.07, 6.45) is 2.55. The molecule has 0 radical (unpaired) electrons. The van der Waals surface area contributed by atoms with E-state index < -0.39 is 5.41 Å². The van der Waals surface area contributed by atoms with Crippen LogP contribution in [-0.4, -0.2) is 22.2 Å². The van der Waals surface area contributed by atoms with E-state index in [2.05, 4.69) is 24.3 Å². The highest BCUT2D eigenvalue weighted by molar-refractivity contribution is 5.95. The number of nitrogens with two attached hydrogens (primary N) is 1. The molecule has 3 N–H and O–H groups in total. The number of hydrogen-bond donors (Lipinski definition) is 2. The molecular weight excluding hydrogens is 228 g/mol. The van der Waals surface area contributed by atoms with Crippen molar-refractivity contribution in [3.05, 3.63) is 11.9 Å². The van der Waals surface area contributed by atoms with Crippen LogP contribution in [0, 0.1) is 5.41 Å². The summed E-state index contributed by atoms with van der Waals surface area (Å²) in [7, 11) is 1.85. The second kappa shape index (κ2) is 5.52. The quantitative estimate of drug-likeness (QED) is 0.840. The number of carbonyl (C=O) groups is 1. The number of rotatable bonds is 5. The standard InChI is InChI=1S/C13H24N4O/c1-6-13(4,8-14)12(18)15-10-7-17(5)16-11(10)9(2)3/h7,9H,6,8,14H2,1-5H3,(H,15,18). The zero-order chi connectivity index (χ0) is 13.9. The number of nitrogens with one attached hydrogen (secondary N) is 1. The lowest BCUT2D eigenvalue weighted by Gasteiger charge is -2.24. The molecule has 0 bridgehead atoms. The van der Waals surface area contributed by atoms with Crippen LogP contribution in [0.1, 0.15) is 45.7 Å². The normalized spacial score (nSPS) is 14.6. The second-order valence-corrected chi connectivity index (χ2v) is 5.33. The van der Waals surface area contributed by atoms with Crippen molar-refractivity contribution in [3.63, 3.8) is 0 Å². The van der Waals surface area contributed by atoms with E-state index in [0.717, 1.165) is 11.4 Å². The van der Waals surface area contributed by atoms with Gasteiger partial charge in [-0.15, -0.1) is 0 Å². The van der Waals surface area contributed by atoms with E-state index in [-0.39, 0.29) is 11.8 Å². The van der Waals surface area contributed by atoms with E-state index in [1.165, 1.54) is 0 Å². The Kier molecular flexibility index (Phi) is 4.51. The molecule has 1 aromatic heterocycles. The maximum atomic E-state index is 12.3. The van der Waals surface area contributed by atoms with Crippen molar-refractivity contribution in [3.8, 4) is 0 Å². The molecule has 0 aliphatic rings. The summed E-state index contributed by atoms with van der Waals surface area (Å²) < 4.78 is 1.72. The molecule has 1 unspecified atom stereocenters. The number of aryl methyl sites for hydroxylation is 1. The highest BCUT2D eigenvalue weighted by Crippen LogP contribution is 2.26. The third kappa shape index (κ3) is 2.90. The van der Waals surface area contributed by atoms with E-state index in [4.69, 9.17) is 5.73 Å². The van der Waals surface area contributed by atoms with Gasteiger partial charge in [-0.25, -0.2) is 0 Å². The zero-order valence-electron chi connectivity index (χ0n) is 11.9. The lowest BCUT2D eigenvalue weighted by molar-refractivity contribution is -0.124. The SMILES string of the molecule is CCC(C)(CN)C(=O)Nc1cn(C)nc1C(C)C. The molecule has 0 aliphatic heterocycles. The highest BCUT2D eigenvalue weighted by Gasteiger charge is 2.30. The van der Waals surface area contributed by atoms with E-state index >= 15 is 0 Å². The Morgan fingerprint density at radius 2 is 2.22 bits per heavy atom. The Balaban J connectivity index is 2.94. The molecule has 0 saturated carbocycles. The van der Waals surface area contributed by atoms with Crippen LogP contribution < -0.4 is 11.1 Å². The number of nitrogens with zero attached hydrogens (tertiary/aromatic N) is 2. The van der Waals surface area contributed by atoms with Gasteiger partial charge in [-0.1, -0.05) is 20.8 Å². The summed E-state index contributed by atoms with van der Waals surface area (Å²) in [6, 6.07) is 0. The van der Waals surface area contributed by atoms with Crippen molar-refractivity contribution in [2.75, 3.05) is 11.9 Å². The van der Waals surface area contributed by atoms with Crippen LogP contribution in [0.3, 0.4) is 0 Å². The van der Waals surface area contributed by atoms with E-state index in [1.807, 2.05) is 27.1 Å². The van der Waals surface area contributed by atoms with Gasteiger partial charge in [-0.05, 0) is 19.3 Å². The van der Waals surface area contributed by atoms with Crippen molar-refractivity contribution >= 4 is 11.6 Å². The first-order valence-corrected chi connectivity index (χ1v) is 6.39. The van der Waals surface area contributed by atoms with Crippen molar-refractivity contribution < 1.29 is 4.79 Å². The van der Waals surface area contributed by atoms with Crippen LogP contribution in [0.2, 0.25) is 0 Å². The molecular formula is C13H24N4O. The molecule has 5 nitrogen and oxygen atoms in total. The van der Waals surface area contributed by atoms with Gasteiger partial charge in [0.05, 0.1) is 16.8 Å². The molecule has 0 aliphatic carbocycles. The van der Waals surface area contributed by atoms with Gasteiger partial charge in [0.1, 0.15) is 0 Å². The van der Waals surface area contributed by atoms with Crippen LogP contribution in [-0.2, 0) is 11.8 Å².